The van der Waals surface area contributed by atoms with E-state index in [1.165, 1.54) is 11.3 Å². The van der Waals surface area contributed by atoms with E-state index in [2.05, 4.69) is 22.4 Å². The quantitative estimate of drug-likeness (QED) is 0.778. The van der Waals surface area contributed by atoms with Crippen molar-refractivity contribution in [2.45, 2.75) is 13.8 Å². The van der Waals surface area contributed by atoms with Crippen LogP contribution in [0.15, 0.2) is 28.4 Å². The highest BCUT2D eigenvalue weighted by atomic mass is 32.1. The molecule has 0 aliphatic rings. The molecule has 1 heterocycles. The normalized spacial score (nSPS) is 10.5. The summed E-state index contributed by atoms with van der Waals surface area (Å²) in [5, 5.41) is 27.1. The molecule has 0 spiro atoms. The third-order valence-electron chi connectivity index (χ3n) is 3.29. The molecule has 0 atom stereocenters. The number of nitrogens with zero attached hydrogens (tertiary/aromatic N) is 5. The molecule has 2 rings (SSSR count). The van der Waals surface area contributed by atoms with Gasteiger partial charge in [0, 0.05) is 19.8 Å². The van der Waals surface area contributed by atoms with E-state index in [-0.39, 0.29) is 0 Å². The smallest absolute Gasteiger partial charge is 0.158 e. The Hall–Kier alpha value is -2.70. The average molecular weight is 309 g/mol. The summed E-state index contributed by atoms with van der Waals surface area (Å²) in [5.41, 5.74) is 3.94. The van der Waals surface area contributed by atoms with Gasteiger partial charge in [-0.05, 0) is 43.2 Å². The molecule has 1 aromatic heterocycles. The molecule has 1 aromatic carbocycles. The molecule has 5 nitrogen and oxygen atoms in total. The molecule has 2 aromatic rings. The second-order valence-electron chi connectivity index (χ2n) is 5.03. The first-order valence-electron chi connectivity index (χ1n) is 6.61. The van der Waals surface area contributed by atoms with Crippen molar-refractivity contribution >= 4 is 27.7 Å². The first-order chi connectivity index (χ1) is 10.5. The van der Waals surface area contributed by atoms with Crippen molar-refractivity contribution in [1.29, 1.82) is 10.5 Å². The number of azo groups is 1. The maximum Gasteiger partial charge on any atom is 0.158 e. The predicted octanol–water partition coefficient (Wildman–Crippen LogP) is 4.59. The standard InChI is InChI=1S/C16H15N5S/c1-10-7-12(21(3)4)5-6-14(10)19-20-16-13(8-17)11(2)15(9-18)22-16/h5-7H,1-4H3/b20-19+. The molecule has 0 N–H and O–H groups in total. The Labute approximate surface area is 133 Å². The predicted molar refractivity (Wildman–Crippen MR) is 88.2 cm³/mol. The third-order valence-corrected chi connectivity index (χ3v) is 4.37. The highest BCUT2D eigenvalue weighted by molar-refractivity contribution is 7.16. The second-order valence-corrected chi connectivity index (χ2v) is 6.02. The Morgan fingerprint density at radius 2 is 1.82 bits per heavy atom. The third kappa shape index (κ3) is 2.98. The van der Waals surface area contributed by atoms with Gasteiger partial charge in [0.1, 0.15) is 17.0 Å². The Kier molecular flexibility index (Phi) is 4.55. The molecular formula is C16H15N5S. The fourth-order valence-corrected chi connectivity index (χ4v) is 2.81. The van der Waals surface area contributed by atoms with Gasteiger partial charge in [0.2, 0.25) is 0 Å². The van der Waals surface area contributed by atoms with E-state index in [1.807, 2.05) is 44.1 Å². The zero-order valence-corrected chi connectivity index (χ0v) is 13.7. The van der Waals surface area contributed by atoms with Crippen LogP contribution in [0.5, 0.6) is 0 Å². The lowest BCUT2D eigenvalue weighted by atomic mass is 10.2. The monoisotopic (exact) mass is 309 g/mol. The van der Waals surface area contributed by atoms with Crippen molar-refractivity contribution in [3.05, 3.63) is 39.8 Å². The fourth-order valence-electron chi connectivity index (χ4n) is 1.94. The van der Waals surface area contributed by atoms with Gasteiger partial charge in [-0.15, -0.1) is 21.6 Å². The number of thiophene rings is 1. The van der Waals surface area contributed by atoms with E-state index in [9.17, 15) is 5.26 Å². The minimum Gasteiger partial charge on any atom is -0.378 e. The molecule has 0 unspecified atom stereocenters. The summed E-state index contributed by atoms with van der Waals surface area (Å²) in [4.78, 5) is 2.52. The van der Waals surface area contributed by atoms with Gasteiger partial charge in [0.05, 0.1) is 11.3 Å². The summed E-state index contributed by atoms with van der Waals surface area (Å²) in [7, 11) is 3.96. The van der Waals surface area contributed by atoms with E-state index < -0.39 is 0 Å². The van der Waals surface area contributed by atoms with Crippen LogP contribution >= 0.6 is 11.3 Å². The molecule has 6 heteroatoms. The van der Waals surface area contributed by atoms with Crippen LogP contribution in [-0.2, 0) is 0 Å². The van der Waals surface area contributed by atoms with Crippen LogP contribution in [0.1, 0.15) is 21.6 Å². The number of aryl methyl sites for hydroxylation is 1. The van der Waals surface area contributed by atoms with Crippen LogP contribution < -0.4 is 4.90 Å². The average Bonchev–Trinajstić information content (AvgIpc) is 2.81. The lowest BCUT2D eigenvalue weighted by molar-refractivity contribution is 1.12. The minimum absolute atomic E-state index is 0.424. The summed E-state index contributed by atoms with van der Waals surface area (Å²) in [6.45, 7) is 3.72. The summed E-state index contributed by atoms with van der Waals surface area (Å²) < 4.78 is 0. The second kappa shape index (κ2) is 6.38. The van der Waals surface area contributed by atoms with E-state index in [0.29, 0.717) is 21.0 Å². The van der Waals surface area contributed by atoms with E-state index in [0.717, 1.165) is 16.9 Å². The maximum atomic E-state index is 9.20. The summed E-state index contributed by atoms with van der Waals surface area (Å²) >= 11 is 1.19. The van der Waals surface area contributed by atoms with Gasteiger partial charge in [-0.2, -0.15) is 10.5 Å². The maximum absolute atomic E-state index is 9.20. The van der Waals surface area contributed by atoms with Gasteiger partial charge in [-0.3, -0.25) is 0 Å². The van der Waals surface area contributed by atoms with Crippen LogP contribution in [0, 0.1) is 36.5 Å². The first-order valence-corrected chi connectivity index (χ1v) is 7.43. The molecule has 0 radical (unpaired) electrons. The van der Waals surface area contributed by atoms with Crippen molar-refractivity contribution < 1.29 is 0 Å². The van der Waals surface area contributed by atoms with Gasteiger partial charge < -0.3 is 4.90 Å². The summed E-state index contributed by atoms with van der Waals surface area (Å²) in [6, 6.07) is 10.1. The SMILES string of the molecule is Cc1cc(N(C)C)ccc1/N=N/c1sc(C#N)c(C)c1C#N. The Bertz CT molecular complexity index is 818. The number of hydrogen-bond donors (Lipinski definition) is 0. The number of rotatable bonds is 3. The zero-order chi connectivity index (χ0) is 16.3. The Morgan fingerprint density at radius 1 is 1.09 bits per heavy atom. The topological polar surface area (TPSA) is 75.5 Å². The lowest BCUT2D eigenvalue weighted by Gasteiger charge is -2.13. The summed E-state index contributed by atoms with van der Waals surface area (Å²) in [5.74, 6) is 0. The van der Waals surface area contributed by atoms with Crippen LogP contribution in [0.2, 0.25) is 0 Å². The van der Waals surface area contributed by atoms with Gasteiger partial charge in [0.15, 0.2) is 5.00 Å². The Balaban J connectivity index is 2.38. The number of benzene rings is 1. The van der Waals surface area contributed by atoms with Crippen LogP contribution in [-0.4, -0.2) is 14.1 Å². The molecule has 0 amide bonds. The first kappa shape index (κ1) is 15.7. The molecular weight excluding hydrogens is 294 g/mol. The molecule has 0 aliphatic heterocycles. The van der Waals surface area contributed by atoms with E-state index in [4.69, 9.17) is 5.26 Å². The molecule has 0 fully saturated rings. The molecule has 110 valence electrons. The van der Waals surface area contributed by atoms with E-state index >= 15 is 0 Å². The number of hydrogen-bond acceptors (Lipinski definition) is 6. The van der Waals surface area contributed by atoms with Crippen molar-refractivity contribution in [2.24, 2.45) is 10.2 Å². The van der Waals surface area contributed by atoms with Gasteiger partial charge in [-0.1, -0.05) is 0 Å². The van der Waals surface area contributed by atoms with Gasteiger partial charge >= 0.3 is 0 Å². The van der Waals surface area contributed by atoms with Crippen LogP contribution in [0.4, 0.5) is 16.4 Å². The minimum atomic E-state index is 0.424. The fraction of sp³-hybridized carbons (Fsp3) is 0.250. The van der Waals surface area contributed by atoms with Crippen molar-refractivity contribution in [3.8, 4) is 12.1 Å². The molecule has 0 aliphatic carbocycles. The van der Waals surface area contributed by atoms with Crippen molar-refractivity contribution in [3.63, 3.8) is 0 Å². The molecule has 22 heavy (non-hydrogen) atoms. The summed E-state index contributed by atoms with van der Waals surface area (Å²) in [6.07, 6.45) is 0. The molecule has 0 saturated carbocycles. The Morgan fingerprint density at radius 3 is 2.36 bits per heavy atom. The molecule has 0 bridgehead atoms. The zero-order valence-electron chi connectivity index (χ0n) is 12.9. The highest BCUT2D eigenvalue weighted by Gasteiger charge is 2.14. The van der Waals surface area contributed by atoms with Crippen molar-refractivity contribution in [1.82, 2.24) is 0 Å². The lowest BCUT2D eigenvalue weighted by Crippen LogP contribution is -2.08. The van der Waals surface area contributed by atoms with Crippen molar-refractivity contribution in [2.75, 3.05) is 19.0 Å². The number of anilines is 1. The van der Waals surface area contributed by atoms with Gasteiger partial charge in [0.25, 0.3) is 0 Å². The number of nitriles is 2. The highest BCUT2D eigenvalue weighted by Crippen LogP contribution is 2.35. The van der Waals surface area contributed by atoms with Crippen LogP contribution in [0.25, 0.3) is 0 Å². The van der Waals surface area contributed by atoms with E-state index in [1.54, 1.807) is 6.92 Å². The van der Waals surface area contributed by atoms with Crippen LogP contribution in [0.3, 0.4) is 0 Å². The molecule has 0 saturated heterocycles. The largest absolute Gasteiger partial charge is 0.378 e. The van der Waals surface area contributed by atoms with Gasteiger partial charge in [-0.25, -0.2) is 0 Å².